The van der Waals surface area contributed by atoms with E-state index in [2.05, 4.69) is 23.9 Å². The summed E-state index contributed by atoms with van der Waals surface area (Å²) in [5.74, 6) is 3.07. The second-order valence-electron chi connectivity index (χ2n) is 12.3. The molecule has 0 radical (unpaired) electrons. The lowest BCUT2D eigenvalue weighted by Crippen LogP contribution is -2.54. The number of fused-ring (bicyclic) bond motifs is 5. The highest BCUT2D eigenvalue weighted by Gasteiger charge is 2.60. The summed E-state index contributed by atoms with van der Waals surface area (Å²) in [7, 11) is 0. The molecule has 4 saturated carbocycles. The molecule has 0 saturated heterocycles. The fourth-order valence-corrected chi connectivity index (χ4v) is 9.66. The van der Waals surface area contributed by atoms with E-state index in [4.69, 9.17) is 0 Å². The minimum absolute atomic E-state index is 0.195. The molecule has 0 spiro atoms. The SMILES string of the molecule is CC12CCC3C(CCC4C(F)CCCC43C)C1CCC2CCCNC(=O)NSc1ccc(F)cc1. The van der Waals surface area contributed by atoms with Crippen molar-refractivity contribution >= 4 is 18.0 Å². The van der Waals surface area contributed by atoms with Gasteiger partial charge in [0.05, 0.1) is 0 Å². The molecule has 4 aliphatic rings. The van der Waals surface area contributed by atoms with E-state index < -0.39 is 6.17 Å². The second kappa shape index (κ2) is 10.2. The van der Waals surface area contributed by atoms with Crippen LogP contribution in [-0.4, -0.2) is 18.7 Å². The Morgan fingerprint density at radius 2 is 1.71 bits per heavy atom. The molecule has 5 rings (SSSR count). The molecule has 4 aliphatic carbocycles. The van der Waals surface area contributed by atoms with Gasteiger partial charge in [-0.05, 0) is 147 Å². The molecule has 8 unspecified atom stereocenters. The van der Waals surface area contributed by atoms with Gasteiger partial charge >= 0.3 is 6.03 Å². The molecule has 0 aliphatic heterocycles. The minimum atomic E-state index is -0.571. The lowest BCUT2D eigenvalue weighted by atomic mass is 9.44. The van der Waals surface area contributed by atoms with E-state index in [-0.39, 0.29) is 17.3 Å². The Morgan fingerprint density at radius 1 is 0.971 bits per heavy atom. The van der Waals surface area contributed by atoms with Crippen molar-refractivity contribution in [3.8, 4) is 0 Å². The summed E-state index contributed by atoms with van der Waals surface area (Å²) in [4.78, 5) is 13.0. The van der Waals surface area contributed by atoms with Crippen LogP contribution < -0.4 is 10.0 Å². The van der Waals surface area contributed by atoms with E-state index in [1.54, 1.807) is 12.1 Å². The molecule has 2 amide bonds. The smallest absolute Gasteiger partial charge is 0.325 e. The molecule has 0 heterocycles. The summed E-state index contributed by atoms with van der Waals surface area (Å²) in [6.07, 6.45) is 12.3. The fraction of sp³-hybridized carbons (Fsp3) is 0.759. The van der Waals surface area contributed by atoms with Crippen molar-refractivity contribution in [1.29, 1.82) is 0 Å². The number of hydrogen-bond donors (Lipinski definition) is 2. The van der Waals surface area contributed by atoms with Crippen LogP contribution in [0.3, 0.4) is 0 Å². The first kappa shape index (κ1) is 25.4. The highest BCUT2D eigenvalue weighted by atomic mass is 32.2. The second-order valence-corrected chi connectivity index (χ2v) is 13.2. The molecule has 2 N–H and O–H groups in total. The number of carbonyl (C=O) groups is 1. The maximum Gasteiger partial charge on any atom is 0.325 e. The van der Waals surface area contributed by atoms with Crippen molar-refractivity contribution < 1.29 is 13.6 Å². The number of alkyl halides is 1. The first-order valence-corrected chi connectivity index (χ1v) is 14.7. The highest BCUT2D eigenvalue weighted by molar-refractivity contribution is 7.98. The summed E-state index contributed by atoms with van der Waals surface area (Å²) in [5, 5.41) is 2.98. The topological polar surface area (TPSA) is 41.1 Å². The first-order chi connectivity index (χ1) is 16.8. The molecule has 6 heteroatoms. The van der Waals surface area contributed by atoms with Crippen LogP contribution in [0.5, 0.6) is 0 Å². The predicted molar refractivity (Wildman–Crippen MR) is 138 cm³/mol. The third-order valence-electron chi connectivity index (χ3n) is 10.9. The number of benzene rings is 1. The molecule has 1 aromatic rings. The van der Waals surface area contributed by atoms with Gasteiger partial charge in [0.1, 0.15) is 12.0 Å². The molecular weight excluding hydrogens is 462 g/mol. The lowest BCUT2D eigenvalue weighted by Gasteiger charge is -2.61. The van der Waals surface area contributed by atoms with Crippen molar-refractivity contribution in [2.75, 3.05) is 6.54 Å². The quantitative estimate of drug-likeness (QED) is 0.305. The normalized spacial score (nSPS) is 40.3. The molecule has 35 heavy (non-hydrogen) atoms. The third kappa shape index (κ3) is 4.85. The summed E-state index contributed by atoms with van der Waals surface area (Å²) in [5.41, 5.74) is 0.637. The van der Waals surface area contributed by atoms with Gasteiger partial charge in [0, 0.05) is 11.4 Å². The minimum Gasteiger partial charge on any atom is -0.337 e. The number of nitrogens with one attached hydrogen (secondary N) is 2. The van der Waals surface area contributed by atoms with Gasteiger partial charge in [0.15, 0.2) is 0 Å². The molecular formula is C29H42F2N2OS. The van der Waals surface area contributed by atoms with Crippen molar-refractivity contribution in [3.05, 3.63) is 30.1 Å². The standard InChI is InChI=1S/C29H42F2N2OS/c1-28-17-15-24-22(12-14-25-26(31)6-3-16-29(24,25)2)23(28)13-7-19(28)5-4-18-32-27(34)33-35-21-10-8-20(30)9-11-21/h8-11,19,22-26H,3-7,12-18H2,1-2H3,(H2,32,33,34). The van der Waals surface area contributed by atoms with Gasteiger partial charge in [-0.3, -0.25) is 4.72 Å². The van der Waals surface area contributed by atoms with Crippen molar-refractivity contribution in [3.63, 3.8) is 0 Å². The van der Waals surface area contributed by atoms with E-state index in [9.17, 15) is 13.6 Å². The Kier molecular flexibility index (Phi) is 7.40. The van der Waals surface area contributed by atoms with Crippen molar-refractivity contribution in [2.24, 2.45) is 40.4 Å². The van der Waals surface area contributed by atoms with Crippen molar-refractivity contribution in [2.45, 2.75) is 95.5 Å². The Morgan fingerprint density at radius 3 is 2.51 bits per heavy atom. The molecule has 194 valence electrons. The fourth-order valence-electron chi connectivity index (χ4n) is 9.11. The monoisotopic (exact) mass is 504 g/mol. The van der Waals surface area contributed by atoms with Crippen LogP contribution in [0, 0.1) is 46.2 Å². The average Bonchev–Trinajstić information content (AvgIpc) is 3.17. The van der Waals surface area contributed by atoms with Gasteiger partial charge in [0.25, 0.3) is 0 Å². The van der Waals surface area contributed by atoms with Gasteiger partial charge in [0.2, 0.25) is 0 Å². The Labute approximate surface area is 214 Å². The number of carbonyl (C=O) groups excluding carboxylic acids is 1. The Balaban J connectivity index is 1.10. The number of urea groups is 1. The van der Waals surface area contributed by atoms with Crippen LogP contribution in [0.15, 0.2) is 29.2 Å². The third-order valence-corrected chi connectivity index (χ3v) is 11.7. The van der Waals surface area contributed by atoms with Gasteiger partial charge < -0.3 is 5.32 Å². The lowest BCUT2D eigenvalue weighted by molar-refractivity contribution is -0.130. The summed E-state index contributed by atoms with van der Waals surface area (Å²) in [6, 6.07) is 5.90. The van der Waals surface area contributed by atoms with Crippen LogP contribution >= 0.6 is 11.9 Å². The average molecular weight is 505 g/mol. The number of rotatable bonds is 6. The van der Waals surface area contributed by atoms with E-state index in [1.807, 2.05) is 0 Å². The molecule has 3 nitrogen and oxygen atoms in total. The Bertz CT molecular complexity index is 897. The van der Waals surface area contributed by atoms with Gasteiger partial charge in [-0.1, -0.05) is 13.8 Å². The summed E-state index contributed by atoms with van der Waals surface area (Å²) < 4.78 is 30.6. The Hall–Kier alpha value is -1.30. The predicted octanol–water partition coefficient (Wildman–Crippen LogP) is 7.91. The largest absolute Gasteiger partial charge is 0.337 e. The van der Waals surface area contributed by atoms with Crippen LogP contribution in [-0.2, 0) is 0 Å². The van der Waals surface area contributed by atoms with E-state index in [0.717, 1.165) is 54.3 Å². The van der Waals surface area contributed by atoms with Crippen LogP contribution in [0.2, 0.25) is 0 Å². The zero-order valence-electron chi connectivity index (χ0n) is 21.3. The maximum atomic E-state index is 14.9. The molecule has 1 aromatic carbocycles. The highest BCUT2D eigenvalue weighted by Crippen LogP contribution is 2.68. The molecule has 8 atom stereocenters. The molecule has 0 aromatic heterocycles. The molecule has 0 bridgehead atoms. The van der Waals surface area contributed by atoms with Crippen LogP contribution in [0.1, 0.15) is 84.5 Å². The van der Waals surface area contributed by atoms with Gasteiger partial charge in [-0.15, -0.1) is 0 Å². The van der Waals surface area contributed by atoms with Gasteiger partial charge in [-0.25, -0.2) is 13.6 Å². The first-order valence-electron chi connectivity index (χ1n) is 13.9. The summed E-state index contributed by atoms with van der Waals surface area (Å²) in [6.45, 7) is 5.68. The number of amides is 2. The summed E-state index contributed by atoms with van der Waals surface area (Å²) >= 11 is 1.20. The van der Waals surface area contributed by atoms with Crippen molar-refractivity contribution in [1.82, 2.24) is 10.0 Å². The number of hydrogen-bond acceptors (Lipinski definition) is 2. The van der Waals surface area contributed by atoms with Crippen LogP contribution in [0.4, 0.5) is 13.6 Å². The van der Waals surface area contributed by atoms with Gasteiger partial charge in [-0.2, -0.15) is 0 Å². The number of halogens is 2. The zero-order chi connectivity index (χ0) is 24.6. The maximum absolute atomic E-state index is 14.9. The van der Waals surface area contributed by atoms with Crippen LogP contribution in [0.25, 0.3) is 0 Å². The van der Waals surface area contributed by atoms with E-state index in [1.165, 1.54) is 69.0 Å². The zero-order valence-corrected chi connectivity index (χ0v) is 22.1. The van der Waals surface area contributed by atoms with E-state index >= 15 is 0 Å². The molecule has 4 fully saturated rings. The van der Waals surface area contributed by atoms with E-state index in [0.29, 0.717) is 17.9 Å².